The summed E-state index contributed by atoms with van der Waals surface area (Å²) in [6, 6.07) is 2.67. The molecule has 0 aromatic heterocycles. The highest BCUT2D eigenvalue weighted by Crippen LogP contribution is 2.33. The number of nitrogens with one attached hydrogen (secondary N) is 2. The molecule has 3 N–H and O–H groups in total. The number of carbonyl (C=O) groups excluding carboxylic acids is 1. The van der Waals surface area contributed by atoms with Gasteiger partial charge in [0.25, 0.3) is 0 Å². The van der Waals surface area contributed by atoms with Gasteiger partial charge in [0.1, 0.15) is 12.6 Å². The van der Waals surface area contributed by atoms with Crippen LogP contribution in [0.15, 0.2) is 24.3 Å². The van der Waals surface area contributed by atoms with Gasteiger partial charge in [0.05, 0.1) is 17.7 Å². The minimum atomic E-state index is -4.70. The number of hydrogen-bond acceptors (Lipinski definition) is 4. The van der Waals surface area contributed by atoms with Crippen LogP contribution in [0, 0.1) is 17.2 Å². The van der Waals surface area contributed by atoms with Gasteiger partial charge in [0.2, 0.25) is 5.91 Å². The second-order valence-electron chi connectivity index (χ2n) is 6.13. The highest BCUT2D eigenvalue weighted by Gasteiger charge is 2.42. The standard InChI is InChI=1S/C17H20F3N3O3/c1-10(2)9-13(15(24)22-8-7-21)23-14(17(18,19)20)11-3-5-12(6-4-11)16(25)26/h3-6,10,13-14,23H,8-9H2,1-2H3,(H,22,24)(H,25,26)/t13-,14?/m0/s1. The second kappa shape index (κ2) is 9.20. The van der Waals surface area contributed by atoms with Crippen molar-refractivity contribution in [1.82, 2.24) is 10.6 Å². The summed E-state index contributed by atoms with van der Waals surface area (Å²) < 4.78 is 40.5. The van der Waals surface area contributed by atoms with Crippen molar-refractivity contribution in [3.05, 3.63) is 35.4 Å². The molecule has 0 aliphatic carbocycles. The van der Waals surface area contributed by atoms with Crippen molar-refractivity contribution >= 4 is 11.9 Å². The number of carboxylic acids is 1. The van der Waals surface area contributed by atoms with Crippen molar-refractivity contribution in [3.8, 4) is 6.07 Å². The molecule has 1 aromatic rings. The Morgan fingerprint density at radius 3 is 2.23 bits per heavy atom. The minimum Gasteiger partial charge on any atom is -0.478 e. The number of nitriles is 1. The van der Waals surface area contributed by atoms with Crippen LogP contribution in [0.3, 0.4) is 0 Å². The summed E-state index contributed by atoms with van der Waals surface area (Å²) in [6.07, 6.45) is -4.56. The van der Waals surface area contributed by atoms with Gasteiger partial charge in [0.15, 0.2) is 0 Å². The highest BCUT2D eigenvalue weighted by molar-refractivity contribution is 5.87. The van der Waals surface area contributed by atoms with Crippen LogP contribution in [0.5, 0.6) is 0 Å². The maximum atomic E-state index is 13.5. The smallest absolute Gasteiger partial charge is 0.407 e. The topological polar surface area (TPSA) is 102 Å². The van der Waals surface area contributed by atoms with E-state index in [-0.39, 0.29) is 30.0 Å². The predicted octanol–water partition coefficient (Wildman–Crippen LogP) is 2.63. The molecule has 0 heterocycles. The Bertz CT molecular complexity index is 667. The molecule has 1 unspecified atom stereocenters. The molecule has 142 valence electrons. The molecule has 26 heavy (non-hydrogen) atoms. The normalized spacial score (nSPS) is 13.7. The summed E-state index contributed by atoms with van der Waals surface area (Å²) in [6.45, 7) is 3.21. The van der Waals surface area contributed by atoms with Gasteiger partial charge in [-0.2, -0.15) is 18.4 Å². The van der Waals surface area contributed by atoms with Crippen LogP contribution in [-0.2, 0) is 4.79 Å². The van der Waals surface area contributed by atoms with Gasteiger partial charge >= 0.3 is 12.1 Å². The maximum Gasteiger partial charge on any atom is 0.407 e. The number of benzene rings is 1. The molecule has 1 amide bonds. The monoisotopic (exact) mass is 371 g/mol. The molecule has 1 aromatic carbocycles. The molecular formula is C17H20F3N3O3. The predicted molar refractivity (Wildman–Crippen MR) is 87.2 cm³/mol. The molecule has 0 bridgehead atoms. The third-order valence-corrected chi connectivity index (χ3v) is 3.55. The number of alkyl halides is 3. The van der Waals surface area contributed by atoms with Gasteiger partial charge in [-0.1, -0.05) is 26.0 Å². The van der Waals surface area contributed by atoms with Crippen molar-refractivity contribution < 1.29 is 27.9 Å². The number of carbonyl (C=O) groups is 2. The van der Waals surface area contributed by atoms with E-state index in [4.69, 9.17) is 10.4 Å². The van der Waals surface area contributed by atoms with Gasteiger partial charge in [-0.15, -0.1) is 0 Å². The summed E-state index contributed by atoms with van der Waals surface area (Å²) in [5.74, 6) is -2.01. The number of halogens is 3. The molecule has 0 fully saturated rings. The first kappa shape index (κ1) is 21.4. The summed E-state index contributed by atoms with van der Waals surface area (Å²) >= 11 is 0. The van der Waals surface area contributed by atoms with E-state index in [0.717, 1.165) is 24.3 Å². The molecule has 2 atom stereocenters. The molecule has 0 aliphatic heterocycles. The number of aromatic carboxylic acids is 1. The quantitative estimate of drug-likeness (QED) is 0.610. The molecule has 1 rings (SSSR count). The van der Waals surface area contributed by atoms with Crippen molar-refractivity contribution in [2.75, 3.05) is 6.54 Å². The van der Waals surface area contributed by atoms with Gasteiger partial charge in [-0.05, 0) is 30.0 Å². The van der Waals surface area contributed by atoms with Crippen molar-refractivity contribution in [2.24, 2.45) is 5.92 Å². The van der Waals surface area contributed by atoms with E-state index in [1.165, 1.54) is 0 Å². The van der Waals surface area contributed by atoms with Crippen LogP contribution < -0.4 is 10.6 Å². The summed E-state index contributed by atoms with van der Waals surface area (Å²) in [7, 11) is 0. The zero-order valence-electron chi connectivity index (χ0n) is 14.3. The molecule has 0 aliphatic rings. The Labute approximate surface area is 149 Å². The Hall–Kier alpha value is -2.60. The summed E-state index contributed by atoms with van der Waals surface area (Å²) in [5.41, 5.74) is -0.343. The molecule has 0 saturated heterocycles. The third-order valence-electron chi connectivity index (χ3n) is 3.55. The first-order chi connectivity index (χ1) is 12.1. The van der Waals surface area contributed by atoms with E-state index < -0.39 is 30.1 Å². The highest BCUT2D eigenvalue weighted by atomic mass is 19.4. The molecule has 0 radical (unpaired) electrons. The number of amides is 1. The Kier molecular flexibility index (Phi) is 7.58. The summed E-state index contributed by atoms with van der Waals surface area (Å²) in [4.78, 5) is 23.0. The maximum absolute atomic E-state index is 13.5. The molecular weight excluding hydrogens is 351 g/mol. The fourth-order valence-corrected chi connectivity index (χ4v) is 2.37. The summed E-state index contributed by atoms with van der Waals surface area (Å²) in [5, 5.41) is 22.0. The zero-order valence-corrected chi connectivity index (χ0v) is 14.3. The van der Waals surface area contributed by atoms with Crippen LogP contribution in [-0.4, -0.2) is 35.7 Å². The van der Waals surface area contributed by atoms with Gasteiger partial charge in [-0.3, -0.25) is 10.1 Å². The SMILES string of the molecule is CC(C)C[C@H](NC(c1ccc(C(=O)O)cc1)C(F)(F)F)C(=O)NCC#N. The van der Waals surface area contributed by atoms with Gasteiger partial charge < -0.3 is 10.4 Å². The first-order valence-corrected chi connectivity index (χ1v) is 7.87. The van der Waals surface area contributed by atoms with E-state index in [9.17, 15) is 22.8 Å². The minimum absolute atomic E-state index is 0.0661. The average molecular weight is 371 g/mol. The van der Waals surface area contributed by atoms with Gasteiger partial charge in [-0.25, -0.2) is 4.79 Å². The molecule has 9 heteroatoms. The zero-order chi connectivity index (χ0) is 19.9. The van der Waals surface area contributed by atoms with E-state index in [0.29, 0.717) is 0 Å². The van der Waals surface area contributed by atoms with Crippen molar-refractivity contribution in [1.29, 1.82) is 5.26 Å². The lowest BCUT2D eigenvalue weighted by Crippen LogP contribution is -2.49. The number of carboxylic acid groups (broad SMARTS) is 1. The lowest BCUT2D eigenvalue weighted by Gasteiger charge is -2.28. The molecule has 0 saturated carbocycles. The van der Waals surface area contributed by atoms with E-state index >= 15 is 0 Å². The van der Waals surface area contributed by atoms with Crippen molar-refractivity contribution in [3.63, 3.8) is 0 Å². The van der Waals surface area contributed by atoms with Gasteiger partial charge in [0, 0.05) is 0 Å². The fourth-order valence-electron chi connectivity index (χ4n) is 2.37. The largest absolute Gasteiger partial charge is 0.478 e. The molecule has 0 spiro atoms. The third kappa shape index (κ3) is 6.37. The van der Waals surface area contributed by atoms with Crippen LogP contribution >= 0.6 is 0 Å². The average Bonchev–Trinajstić information content (AvgIpc) is 2.55. The van der Waals surface area contributed by atoms with Crippen LogP contribution in [0.4, 0.5) is 13.2 Å². The van der Waals surface area contributed by atoms with E-state index in [2.05, 4.69) is 10.6 Å². The van der Waals surface area contributed by atoms with Crippen LogP contribution in [0.25, 0.3) is 0 Å². The first-order valence-electron chi connectivity index (χ1n) is 7.87. The Morgan fingerprint density at radius 2 is 1.81 bits per heavy atom. The molecule has 6 nitrogen and oxygen atoms in total. The second-order valence-corrected chi connectivity index (χ2v) is 6.13. The fraction of sp³-hybridized carbons (Fsp3) is 0.471. The Morgan fingerprint density at radius 1 is 1.23 bits per heavy atom. The van der Waals surface area contributed by atoms with Crippen LogP contribution in [0.1, 0.15) is 42.2 Å². The number of nitrogens with zero attached hydrogens (tertiary/aromatic N) is 1. The van der Waals surface area contributed by atoms with E-state index in [1.54, 1.807) is 19.9 Å². The van der Waals surface area contributed by atoms with Crippen molar-refractivity contribution in [2.45, 2.75) is 38.5 Å². The lowest BCUT2D eigenvalue weighted by molar-refractivity contribution is -0.161. The van der Waals surface area contributed by atoms with Crippen LogP contribution in [0.2, 0.25) is 0 Å². The number of hydrogen-bond donors (Lipinski definition) is 3. The Balaban J connectivity index is 3.11. The number of rotatable bonds is 8. The lowest BCUT2D eigenvalue weighted by atomic mass is 9.99. The van der Waals surface area contributed by atoms with E-state index in [1.807, 2.05) is 0 Å².